The number of halogens is 1. The van der Waals surface area contributed by atoms with E-state index in [0.29, 0.717) is 21.6 Å². The minimum absolute atomic E-state index is 0.198. The number of esters is 1. The van der Waals surface area contributed by atoms with Crippen LogP contribution in [0.25, 0.3) is 6.08 Å². The van der Waals surface area contributed by atoms with Crippen LogP contribution in [0.15, 0.2) is 40.2 Å². The first-order chi connectivity index (χ1) is 11.5. The van der Waals surface area contributed by atoms with Gasteiger partial charge in [-0.3, -0.25) is 14.5 Å². The number of hydrogen-bond acceptors (Lipinski definition) is 6. The third kappa shape index (κ3) is 4.46. The molecule has 1 aromatic carbocycles. The molecule has 0 atom stereocenters. The maximum absolute atomic E-state index is 12.5. The van der Waals surface area contributed by atoms with Crippen LogP contribution in [0, 0.1) is 0 Å². The van der Waals surface area contributed by atoms with E-state index < -0.39 is 5.97 Å². The second-order valence-corrected chi connectivity index (χ2v) is 7.22. The third-order valence-corrected chi connectivity index (χ3v) is 4.87. The average Bonchev–Trinajstić information content (AvgIpc) is 2.81. The van der Waals surface area contributed by atoms with Crippen LogP contribution in [0.4, 0.5) is 0 Å². The highest BCUT2D eigenvalue weighted by Crippen LogP contribution is 2.35. The Morgan fingerprint density at radius 1 is 1.50 bits per heavy atom. The minimum atomic E-state index is -0.523. The van der Waals surface area contributed by atoms with Gasteiger partial charge in [-0.05, 0) is 24.3 Å². The molecule has 0 aromatic heterocycles. The van der Waals surface area contributed by atoms with Crippen molar-refractivity contribution in [3.05, 3.63) is 45.8 Å². The van der Waals surface area contributed by atoms with Gasteiger partial charge in [0.2, 0.25) is 0 Å². The van der Waals surface area contributed by atoms with Crippen molar-refractivity contribution in [3.63, 3.8) is 0 Å². The zero-order valence-corrected chi connectivity index (χ0v) is 16.0. The van der Waals surface area contributed by atoms with E-state index in [0.717, 1.165) is 21.8 Å². The standard InChI is InChI=1S/C16H14BrNO4S2/c1-3-6-22-12-5-4-11(17)7-10(12)8-13-15(20)18(16(23)24-13)9-14(19)21-2/h3-5,7-8H,1,6,9H2,2H3/b13-8-. The molecule has 0 unspecified atom stereocenters. The molecule has 5 nitrogen and oxygen atoms in total. The maximum atomic E-state index is 12.5. The zero-order valence-electron chi connectivity index (χ0n) is 12.8. The SMILES string of the molecule is C=CCOc1ccc(Br)cc1/C=C1\SC(=S)N(CC(=O)OC)C1=O. The average molecular weight is 428 g/mol. The van der Waals surface area contributed by atoms with Crippen molar-refractivity contribution in [3.8, 4) is 5.75 Å². The topological polar surface area (TPSA) is 55.8 Å². The first kappa shape index (κ1) is 18.7. The lowest BCUT2D eigenvalue weighted by atomic mass is 10.2. The van der Waals surface area contributed by atoms with E-state index in [9.17, 15) is 9.59 Å². The number of thioether (sulfide) groups is 1. The van der Waals surface area contributed by atoms with Crippen LogP contribution in [0.2, 0.25) is 0 Å². The zero-order chi connectivity index (χ0) is 17.7. The third-order valence-electron chi connectivity index (χ3n) is 3.00. The van der Waals surface area contributed by atoms with Gasteiger partial charge in [0.15, 0.2) is 0 Å². The molecule has 2 rings (SSSR count). The Kier molecular flexibility index (Phi) is 6.59. The van der Waals surface area contributed by atoms with Gasteiger partial charge < -0.3 is 9.47 Å². The lowest BCUT2D eigenvalue weighted by molar-refractivity contribution is -0.143. The van der Waals surface area contributed by atoms with E-state index in [4.69, 9.17) is 17.0 Å². The number of methoxy groups -OCH3 is 1. The quantitative estimate of drug-likeness (QED) is 0.300. The summed E-state index contributed by atoms with van der Waals surface area (Å²) in [6.07, 6.45) is 3.33. The summed E-state index contributed by atoms with van der Waals surface area (Å²) in [6, 6.07) is 5.48. The van der Waals surface area contributed by atoms with Crippen molar-refractivity contribution >= 4 is 62.2 Å². The first-order valence-corrected chi connectivity index (χ1v) is 8.83. The highest BCUT2D eigenvalue weighted by Gasteiger charge is 2.33. The molecule has 1 saturated heterocycles. The van der Waals surface area contributed by atoms with Crippen molar-refractivity contribution in [2.75, 3.05) is 20.3 Å². The molecule has 1 aromatic rings. The lowest BCUT2D eigenvalue weighted by Gasteiger charge is -2.12. The second-order valence-electron chi connectivity index (χ2n) is 4.63. The van der Waals surface area contributed by atoms with E-state index >= 15 is 0 Å². The van der Waals surface area contributed by atoms with E-state index in [1.807, 2.05) is 12.1 Å². The smallest absolute Gasteiger partial charge is 0.325 e. The number of carbonyl (C=O) groups excluding carboxylic acids is 2. The van der Waals surface area contributed by atoms with Gasteiger partial charge in [-0.2, -0.15) is 0 Å². The van der Waals surface area contributed by atoms with Gasteiger partial charge in [0.25, 0.3) is 5.91 Å². The summed E-state index contributed by atoms with van der Waals surface area (Å²) in [5, 5.41) is 0. The Morgan fingerprint density at radius 2 is 2.25 bits per heavy atom. The molecule has 0 bridgehead atoms. The molecular formula is C16H14BrNO4S2. The van der Waals surface area contributed by atoms with Crippen molar-refractivity contribution in [1.29, 1.82) is 0 Å². The largest absolute Gasteiger partial charge is 0.489 e. The molecule has 0 spiro atoms. The summed E-state index contributed by atoms with van der Waals surface area (Å²) in [7, 11) is 1.26. The molecule has 1 fully saturated rings. The molecule has 0 saturated carbocycles. The van der Waals surface area contributed by atoms with Crippen molar-refractivity contribution in [1.82, 2.24) is 4.90 Å². The molecule has 126 valence electrons. The fraction of sp³-hybridized carbons (Fsp3) is 0.188. The number of benzene rings is 1. The normalized spacial score (nSPS) is 15.8. The molecule has 8 heteroatoms. The molecule has 1 amide bonds. The number of amides is 1. The van der Waals surface area contributed by atoms with Crippen LogP contribution < -0.4 is 4.74 Å². The van der Waals surface area contributed by atoms with Crippen molar-refractivity contribution in [2.45, 2.75) is 0 Å². The first-order valence-electron chi connectivity index (χ1n) is 6.81. The van der Waals surface area contributed by atoms with Gasteiger partial charge in [0.05, 0.1) is 12.0 Å². The molecule has 1 aliphatic heterocycles. The van der Waals surface area contributed by atoms with Crippen molar-refractivity contribution < 1.29 is 19.1 Å². The van der Waals surface area contributed by atoms with Gasteiger partial charge in [0.1, 0.15) is 23.2 Å². The fourth-order valence-corrected chi connectivity index (χ4v) is 3.51. The number of thiocarbonyl (C=S) groups is 1. The van der Waals surface area contributed by atoms with Crippen LogP contribution in [-0.4, -0.2) is 41.4 Å². The van der Waals surface area contributed by atoms with Gasteiger partial charge >= 0.3 is 5.97 Å². The molecule has 0 radical (unpaired) electrons. The number of hydrogen-bond donors (Lipinski definition) is 0. The fourth-order valence-electron chi connectivity index (χ4n) is 1.88. The Hall–Kier alpha value is -1.64. The van der Waals surface area contributed by atoms with Crippen LogP contribution in [-0.2, 0) is 14.3 Å². The van der Waals surface area contributed by atoms with E-state index in [2.05, 4.69) is 27.2 Å². The van der Waals surface area contributed by atoms with E-state index in [1.165, 1.54) is 12.0 Å². The number of carbonyl (C=O) groups is 2. The van der Waals surface area contributed by atoms with Gasteiger partial charge in [-0.1, -0.05) is 52.6 Å². The maximum Gasteiger partial charge on any atom is 0.325 e. The Morgan fingerprint density at radius 3 is 2.92 bits per heavy atom. The summed E-state index contributed by atoms with van der Waals surface area (Å²) in [6.45, 7) is 3.77. The van der Waals surface area contributed by atoms with Gasteiger partial charge in [-0.15, -0.1) is 0 Å². The number of ether oxygens (including phenoxy) is 2. The molecule has 1 aliphatic rings. The highest BCUT2D eigenvalue weighted by molar-refractivity contribution is 9.10. The second kappa shape index (κ2) is 8.46. The summed E-state index contributed by atoms with van der Waals surface area (Å²) in [5.74, 6) is -0.230. The molecule has 0 N–H and O–H groups in total. The van der Waals surface area contributed by atoms with Gasteiger partial charge in [0, 0.05) is 10.0 Å². The summed E-state index contributed by atoms with van der Waals surface area (Å²) < 4.78 is 11.4. The summed E-state index contributed by atoms with van der Waals surface area (Å²) >= 11 is 9.71. The Bertz CT molecular complexity index is 733. The lowest BCUT2D eigenvalue weighted by Crippen LogP contribution is -2.33. The highest BCUT2D eigenvalue weighted by atomic mass is 79.9. The van der Waals surface area contributed by atoms with Crippen LogP contribution in [0.1, 0.15) is 5.56 Å². The van der Waals surface area contributed by atoms with E-state index in [1.54, 1.807) is 18.2 Å². The molecular weight excluding hydrogens is 414 g/mol. The predicted molar refractivity (Wildman–Crippen MR) is 102 cm³/mol. The Balaban J connectivity index is 2.30. The Labute approximate surface area is 157 Å². The van der Waals surface area contributed by atoms with Crippen LogP contribution >= 0.6 is 39.9 Å². The summed E-state index contributed by atoms with van der Waals surface area (Å²) in [5.41, 5.74) is 0.727. The van der Waals surface area contributed by atoms with Gasteiger partial charge in [-0.25, -0.2) is 0 Å². The van der Waals surface area contributed by atoms with Crippen LogP contribution in [0.5, 0.6) is 5.75 Å². The van der Waals surface area contributed by atoms with E-state index in [-0.39, 0.29) is 12.5 Å². The molecule has 0 aliphatic carbocycles. The predicted octanol–water partition coefficient (Wildman–Crippen LogP) is 3.39. The number of nitrogens with zero attached hydrogens (tertiary/aromatic N) is 1. The van der Waals surface area contributed by atoms with Crippen molar-refractivity contribution in [2.24, 2.45) is 0 Å². The monoisotopic (exact) mass is 427 g/mol. The van der Waals surface area contributed by atoms with Crippen LogP contribution in [0.3, 0.4) is 0 Å². The minimum Gasteiger partial charge on any atom is -0.489 e. The molecule has 24 heavy (non-hydrogen) atoms. The number of rotatable bonds is 6. The summed E-state index contributed by atoms with van der Waals surface area (Å²) in [4.78, 5) is 25.5. The molecule has 1 heterocycles.